The predicted molar refractivity (Wildman–Crippen MR) is 63.7 cm³/mol. The van der Waals surface area contributed by atoms with Gasteiger partial charge in [0, 0.05) is 12.6 Å². The molecule has 2 rings (SSSR count). The molecule has 1 saturated heterocycles. The van der Waals surface area contributed by atoms with Gasteiger partial charge in [0.25, 0.3) is 0 Å². The molecule has 2 atom stereocenters. The molecule has 4 heteroatoms. The van der Waals surface area contributed by atoms with Gasteiger partial charge in [-0.3, -0.25) is 4.79 Å². The molecule has 0 aromatic heterocycles. The number of carbonyl (C=O) groups excluding carboxylic acids is 1. The molecule has 1 aromatic rings. The highest BCUT2D eigenvalue weighted by Crippen LogP contribution is 2.21. The third-order valence-electron chi connectivity index (χ3n) is 3.33. The van der Waals surface area contributed by atoms with Crippen molar-refractivity contribution in [2.45, 2.75) is 31.8 Å². The van der Waals surface area contributed by atoms with Gasteiger partial charge in [0.05, 0.1) is 0 Å². The van der Waals surface area contributed by atoms with Crippen LogP contribution in [-0.4, -0.2) is 23.4 Å². The third-order valence-corrected chi connectivity index (χ3v) is 3.33. The molecular formula is C13H17FN2O. The predicted octanol–water partition coefficient (Wildman–Crippen LogP) is 1.84. The van der Waals surface area contributed by atoms with Gasteiger partial charge < -0.3 is 10.6 Å². The van der Waals surface area contributed by atoms with Gasteiger partial charge >= 0.3 is 0 Å². The van der Waals surface area contributed by atoms with E-state index in [0.29, 0.717) is 5.56 Å². The Morgan fingerprint density at radius 1 is 1.47 bits per heavy atom. The van der Waals surface area contributed by atoms with Crippen LogP contribution in [0.1, 0.15) is 31.4 Å². The van der Waals surface area contributed by atoms with Crippen LogP contribution in [0.4, 0.5) is 4.39 Å². The van der Waals surface area contributed by atoms with Crippen LogP contribution < -0.4 is 5.73 Å². The maximum absolute atomic E-state index is 12.8. The third kappa shape index (κ3) is 2.47. The average Bonchev–Trinajstić information content (AvgIpc) is 2.74. The van der Waals surface area contributed by atoms with Crippen molar-refractivity contribution in [2.24, 2.45) is 5.73 Å². The summed E-state index contributed by atoms with van der Waals surface area (Å²) in [6.07, 6.45) is 2.06. The Morgan fingerprint density at radius 3 is 2.65 bits per heavy atom. The molecule has 1 aliphatic rings. The van der Waals surface area contributed by atoms with E-state index in [2.05, 4.69) is 0 Å². The fraction of sp³-hybridized carbons (Fsp3) is 0.462. The molecule has 0 saturated carbocycles. The molecule has 0 radical (unpaired) electrons. The Hall–Kier alpha value is -1.42. The first-order valence-electron chi connectivity index (χ1n) is 5.91. The maximum Gasteiger partial charge on any atom is 0.244 e. The van der Waals surface area contributed by atoms with Crippen LogP contribution in [0.15, 0.2) is 24.3 Å². The van der Waals surface area contributed by atoms with E-state index in [-0.39, 0.29) is 17.8 Å². The molecule has 2 N–H and O–H groups in total. The van der Waals surface area contributed by atoms with Crippen molar-refractivity contribution in [1.29, 1.82) is 0 Å². The highest BCUT2D eigenvalue weighted by atomic mass is 19.1. The lowest BCUT2D eigenvalue weighted by atomic mass is 10.1. The zero-order valence-electron chi connectivity index (χ0n) is 9.90. The lowest BCUT2D eigenvalue weighted by molar-refractivity contribution is -0.133. The van der Waals surface area contributed by atoms with E-state index in [1.54, 1.807) is 12.1 Å². The van der Waals surface area contributed by atoms with Crippen LogP contribution >= 0.6 is 0 Å². The number of halogens is 1. The average molecular weight is 236 g/mol. The van der Waals surface area contributed by atoms with Crippen molar-refractivity contribution >= 4 is 5.91 Å². The van der Waals surface area contributed by atoms with Gasteiger partial charge in [0.15, 0.2) is 0 Å². The molecule has 1 aliphatic heterocycles. The first kappa shape index (κ1) is 12.0. The van der Waals surface area contributed by atoms with Gasteiger partial charge in [-0.05, 0) is 37.5 Å². The van der Waals surface area contributed by atoms with E-state index in [1.807, 2.05) is 11.8 Å². The summed E-state index contributed by atoms with van der Waals surface area (Å²) in [6.45, 7) is 2.80. The van der Waals surface area contributed by atoms with Crippen molar-refractivity contribution in [1.82, 2.24) is 4.90 Å². The number of hydrogen-bond donors (Lipinski definition) is 1. The molecule has 3 nitrogen and oxygen atoms in total. The van der Waals surface area contributed by atoms with Gasteiger partial charge in [0.2, 0.25) is 5.91 Å². The number of rotatable bonds is 2. The van der Waals surface area contributed by atoms with Crippen LogP contribution in [-0.2, 0) is 4.79 Å². The number of benzene rings is 1. The minimum Gasteiger partial charge on any atom is -0.338 e. The lowest BCUT2D eigenvalue weighted by Crippen LogP contribution is -2.40. The Labute approximate surface area is 100 Å². The van der Waals surface area contributed by atoms with Crippen LogP contribution in [0.3, 0.4) is 0 Å². The summed E-state index contributed by atoms with van der Waals surface area (Å²) < 4.78 is 12.8. The van der Waals surface area contributed by atoms with Gasteiger partial charge in [-0.2, -0.15) is 0 Å². The Balaban J connectivity index is 2.11. The lowest BCUT2D eigenvalue weighted by Gasteiger charge is -2.25. The summed E-state index contributed by atoms with van der Waals surface area (Å²) in [5.41, 5.74) is 6.58. The summed E-state index contributed by atoms with van der Waals surface area (Å²) in [5.74, 6) is -0.385. The first-order valence-corrected chi connectivity index (χ1v) is 5.91. The van der Waals surface area contributed by atoms with Crippen molar-refractivity contribution < 1.29 is 9.18 Å². The highest BCUT2D eigenvalue weighted by Gasteiger charge is 2.29. The molecule has 1 heterocycles. The zero-order valence-corrected chi connectivity index (χ0v) is 9.90. The number of carbonyl (C=O) groups is 1. The minimum atomic E-state index is -0.684. The quantitative estimate of drug-likeness (QED) is 0.851. The molecular weight excluding hydrogens is 219 g/mol. The fourth-order valence-electron chi connectivity index (χ4n) is 2.25. The number of likely N-dealkylation sites (tertiary alicyclic amines) is 1. The van der Waals surface area contributed by atoms with E-state index in [4.69, 9.17) is 5.73 Å². The Bertz CT molecular complexity index is 404. The molecule has 0 unspecified atom stereocenters. The van der Waals surface area contributed by atoms with Crippen LogP contribution in [0.25, 0.3) is 0 Å². The number of amides is 1. The molecule has 17 heavy (non-hydrogen) atoms. The second-order valence-corrected chi connectivity index (χ2v) is 4.55. The normalized spacial score (nSPS) is 21.6. The highest BCUT2D eigenvalue weighted by molar-refractivity contribution is 5.83. The van der Waals surface area contributed by atoms with Gasteiger partial charge in [-0.1, -0.05) is 12.1 Å². The monoisotopic (exact) mass is 236 g/mol. The second-order valence-electron chi connectivity index (χ2n) is 4.55. The maximum atomic E-state index is 12.8. The van der Waals surface area contributed by atoms with Crippen LogP contribution in [0, 0.1) is 5.82 Å². The topological polar surface area (TPSA) is 46.3 Å². The smallest absolute Gasteiger partial charge is 0.244 e. The van der Waals surface area contributed by atoms with E-state index < -0.39 is 6.04 Å². The molecule has 1 amide bonds. The molecule has 1 fully saturated rings. The molecule has 92 valence electrons. The van der Waals surface area contributed by atoms with Crippen molar-refractivity contribution in [3.05, 3.63) is 35.6 Å². The van der Waals surface area contributed by atoms with Crippen LogP contribution in [0.2, 0.25) is 0 Å². The summed E-state index contributed by atoms with van der Waals surface area (Å²) in [5, 5.41) is 0. The van der Waals surface area contributed by atoms with Crippen molar-refractivity contribution in [3.63, 3.8) is 0 Å². The van der Waals surface area contributed by atoms with Crippen molar-refractivity contribution in [2.75, 3.05) is 6.54 Å². The Kier molecular flexibility index (Phi) is 3.43. The second kappa shape index (κ2) is 4.84. The summed E-state index contributed by atoms with van der Waals surface area (Å²) >= 11 is 0. The van der Waals surface area contributed by atoms with Crippen molar-refractivity contribution in [3.8, 4) is 0 Å². The first-order chi connectivity index (χ1) is 8.09. The molecule has 0 bridgehead atoms. The number of hydrogen-bond acceptors (Lipinski definition) is 2. The summed E-state index contributed by atoms with van der Waals surface area (Å²) in [7, 11) is 0. The van der Waals surface area contributed by atoms with Crippen LogP contribution in [0.5, 0.6) is 0 Å². The molecule has 0 aliphatic carbocycles. The van der Waals surface area contributed by atoms with Gasteiger partial charge in [-0.25, -0.2) is 4.39 Å². The van der Waals surface area contributed by atoms with E-state index >= 15 is 0 Å². The fourth-order valence-corrected chi connectivity index (χ4v) is 2.25. The van der Waals surface area contributed by atoms with E-state index in [0.717, 1.165) is 19.4 Å². The zero-order chi connectivity index (χ0) is 12.4. The van der Waals surface area contributed by atoms with E-state index in [9.17, 15) is 9.18 Å². The largest absolute Gasteiger partial charge is 0.338 e. The van der Waals surface area contributed by atoms with Gasteiger partial charge in [-0.15, -0.1) is 0 Å². The number of nitrogens with zero attached hydrogens (tertiary/aromatic N) is 1. The molecule has 1 aromatic carbocycles. The standard InChI is InChI=1S/C13H17FN2O/c1-9-3-2-8-16(9)13(17)12(15)10-4-6-11(14)7-5-10/h4-7,9,12H,2-3,8,15H2,1H3/t9-,12-/m1/s1. The minimum absolute atomic E-state index is 0.0680. The SMILES string of the molecule is C[C@@H]1CCCN1C(=O)[C@H](N)c1ccc(F)cc1. The number of nitrogens with two attached hydrogens (primary N) is 1. The van der Waals surface area contributed by atoms with Gasteiger partial charge in [0.1, 0.15) is 11.9 Å². The molecule has 0 spiro atoms. The van der Waals surface area contributed by atoms with E-state index in [1.165, 1.54) is 12.1 Å². The Morgan fingerprint density at radius 2 is 2.12 bits per heavy atom. The summed E-state index contributed by atoms with van der Waals surface area (Å²) in [4.78, 5) is 14.0. The summed E-state index contributed by atoms with van der Waals surface area (Å²) in [6, 6.07) is 5.37.